The van der Waals surface area contributed by atoms with E-state index in [0.717, 1.165) is 23.5 Å². The topological polar surface area (TPSA) is 62.9 Å². The van der Waals surface area contributed by atoms with Gasteiger partial charge >= 0.3 is 0 Å². The number of carbonyl (C=O) groups excluding carboxylic acids is 1. The predicted molar refractivity (Wildman–Crippen MR) is 111 cm³/mol. The third-order valence-corrected chi connectivity index (χ3v) is 5.61. The van der Waals surface area contributed by atoms with Gasteiger partial charge in [-0.2, -0.15) is 0 Å². The van der Waals surface area contributed by atoms with E-state index in [0.29, 0.717) is 17.1 Å². The van der Waals surface area contributed by atoms with Crippen LogP contribution in [0.2, 0.25) is 0 Å². The largest absolute Gasteiger partial charge is 0.296 e. The molecule has 1 aliphatic heterocycles. The number of anilines is 1. The minimum atomic E-state index is 0.346. The summed E-state index contributed by atoms with van der Waals surface area (Å²) in [7, 11) is 3.22. The second-order valence-corrected chi connectivity index (χ2v) is 6.82. The lowest BCUT2D eigenvalue weighted by atomic mass is 10.1. The molecule has 0 radical (unpaired) electrons. The summed E-state index contributed by atoms with van der Waals surface area (Å²) in [5, 5.41) is 0. The van der Waals surface area contributed by atoms with Gasteiger partial charge in [0, 0.05) is 60.3 Å². The molecular formula is C15H11BrIN5OS. The molecule has 1 aliphatic rings. The fourth-order valence-corrected chi connectivity index (χ4v) is 4.02. The van der Waals surface area contributed by atoms with Crippen LogP contribution in [0.1, 0.15) is 16.1 Å². The molecule has 0 saturated carbocycles. The summed E-state index contributed by atoms with van der Waals surface area (Å²) in [6.07, 6.45) is 6.03. The van der Waals surface area contributed by atoms with Crippen molar-refractivity contribution in [3.05, 3.63) is 52.5 Å². The molecule has 0 aliphatic carbocycles. The number of amidine groups is 1. The van der Waals surface area contributed by atoms with Crippen LogP contribution in [0, 0.1) is 0 Å². The van der Waals surface area contributed by atoms with E-state index in [4.69, 9.17) is 0 Å². The van der Waals surface area contributed by atoms with E-state index in [1.807, 2.05) is 27.2 Å². The number of hydrogen-bond acceptors (Lipinski definition) is 5. The summed E-state index contributed by atoms with van der Waals surface area (Å²) in [5.41, 5.74) is 2.70. The molecule has 3 rings (SSSR count). The van der Waals surface area contributed by atoms with Crippen LogP contribution in [-0.2, 0) is 0 Å². The summed E-state index contributed by atoms with van der Waals surface area (Å²) in [6.45, 7) is 0. The maximum atomic E-state index is 11.4. The van der Waals surface area contributed by atoms with Gasteiger partial charge in [0.25, 0.3) is 0 Å². The van der Waals surface area contributed by atoms with Crippen molar-refractivity contribution in [3.63, 3.8) is 0 Å². The average molecular weight is 516 g/mol. The fourth-order valence-electron chi connectivity index (χ4n) is 2.43. The highest BCUT2D eigenvalue weighted by atomic mass is 127. The molecular weight excluding hydrogens is 505 g/mol. The molecule has 0 unspecified atom stereocenters. The predicted octanol–water partition coefficient (Wildman–Crippen LogP) is 4.38. The number of allylic oxidation sites excluding steroid dienone is 1. The zero-order chi connectivity index (χ0) is 17.1. The van der Waals surface area contributed by atoms with Crippen LogP contribution in [0.15, 0.2) is 51.3 Å². The van der Waals surface area contributed by atoms with Crippen molar-refractivity contribution < 1.29 is 4.79 Å². The van der Waals surface area contributed by atoms with Gasteiger partial charge in [0.2, 0.25) is 0 Å². The lowest BCUT2D eigenvalue weighted by Gasteiger charge is -2.29. The summed E-state index contributed by atoms with van der Waals surface area (Å²) in [5.74, 6) is 1.43. The number of hydrogen-bond donors (Lipinski definition) is 0. The van der Waals surface area contributed by atoms with Gasteiger partial charge < -0.3 is 0 Å². The number of aromatic nitrogens is 2. The Morgan fingerprint density at radius 3 is 2.96 bits per heavy atom. The van der Waals surface area contributed by atoms with E-state index in [-0.39, 0.29) is 0 Å². The van der Waals surface area contributed by atoms with E-state index >= 15 is 0 Å². The van der Waals surface area contributed by atoms with Crippen LogP contribution in [0.5, 0.6) is 0 Å². The second-order valence-electron chi connectivity index (χ2n) is 4.65. The third-order valence-electron chi connectivity index (χ3n) is 3.42. The average Bonchev–Trinajstić information content (AvgIpc) is 3.06. The van der Waals surface area contributed by atoms with E-state index in [1.165, 1.54) is 9.12 Å². The normalized spacial score (nSPS) is 15.7. The van der Waals surface area contributed by atoms with Crippen LogP contribution in [0.4, 0.5) is 11.5 Å². The Kier molecular flexibility index (Phi) is 5.51. The van der Waals surface area contributed by atoms with E-state index in [2.05, 4.69) is 52.1 Å². The molecule has 3 heterocycles. The van der Waals surface area contributed by atoms with Gasteiger partial charge in [-0.15, -0.1) is 0 Å². The van der Waals surface area contributed by atoms with Crippen LogP contribution in [0.25, 0.3) is 0 Å². The molecule has 0 N–H and O–H groups in total. The van der Waals surface area contributed by atoms with Crippen LogP contribution >= 0.6 is 46.3 Å². The van der Waals surface area contributed by atoms with Gasteiger partial charge in [0.1, 0.15) is 11.5 Å². The summed E-state index contributed by atoms with van der Waals surface area (Å²) < 4.78 is 1.96. The van der Waals surface area contributed by atoms with Crippen molar-refractivity contribution >= 4 is 76.1 Å². The molecule has 0 fully saturated rings. The zero-order valence-corrected chi connectivity index (χ0v) is 17.0. The highest BCUT2D eigenvalue weighted by Crippen LogP contribution is 2.40. The van der Waals surface area contributed by atoms with Crippen LogP contribution in [-0.4, -0.2) is 34.3 Å². The molecule has 2 aromatic heterocycles. The van der Waals surface area contributed by atoms with E-state index in [1.54, 1.807) is 30.5 Å². The molecule has 24 heavy (non-hydrogen) atoms. The van der Waals surface area contributed by atoms with Gasteiger partial charge in [-0.25, -0.2) is 4.99 Å². The van der Waals surface area contributed by atoms with E-state index in [9.17, 15) is 4.79 Å². The molecule has 6 nitrogen and oxygen atoms in total. The Morgan fingerprint density at radius 2 is 2.29 bits per heavy atom. The third kappa shape index (κ3) is 2.95. The number of pyridine rings is 1. The second kappa shape index (κ2) is 7.62. The minimum absolute atomic E-state index is 0.346. The number of aldehydes is 1. The number of nitrogens with zero attached hydrogens (tertiary/aromatic N) is 5. The van der Waals surface area contributed by atoms with Gasteiger partial charge in [0.05, 0.1) is 17.6 Å². The first kappa shape index (κ1) is 17.4. The number of carbonyl (C=O) groups is 1. The first-order valence-corrected chi connectivity index (χ1v) is 11.0. The van der Waals surface area contributed by atoms with Crippen LogP contribution in [0.3, 0.4) is 0 Å². The zero-order valence-electron chi connectivity index (χ0n) is 12.4. The Bertz CT molecular complexity index is 876. The molecule has 0 bridgehead atoms. The molecule has 0 spiro atoms. The summed E-state index contributed by atoms with van der Waals surface area (Å²) in [4.78, 5) is 28.2. The van der Waals surface area contributed by atoms with Crippen molar-refractivity contribution in [2.45, 2.75) is 0 Å². The Balaban J connectivity index is 2.20. The maximum Gasteiger partial charge on any atom is 0.169 e. The molecule has 2 aromatic rings. The molecule has 0 amide bonds. The minimum Gasteiger partial charge on any atom is -0.296 e. The standard InChI is InChI=1S/C15H11BrIN5OS/c1-18-14(11-3-2-5-19-12(11)9-23)22-10(7-16)8-20-15-13(22)4-6-21(15)24-17/h2-9H,1H3/b10-7+,18-14?. The Morgan fingerprint density at radius 1 is 1.46 bits per heavy atom. The molecule has 0 atom stereocenters. The van der Waals surface area contributed by atoms with Crippen molar-refractivity contribution in [3.8, 4) is 0 Å². The van der Waals surface area contributed by atoms with Crippen molar-refractivity contribution in [1.82, 2.24) is 8.96 Å². The Labute approximate surface area is 163 Å². The maximum absolute atomic E-state index is 11.4. The number of halogens is 2. The lowest BCUT2D eigenvalue weighted by molar-refractivity contribution is 0.111. The highest BCUT2D eigenvalue weighted by Gasteiger charge is 2.28. The van der Waals surface area contributed by atoms with Gasteiger partial charge in [-0.1, -0.05) is 15.9 Å². The lowest BCUT2D eigenvalue weighted by Crippen LogP contribution is -2.33. The fraction of sp³-hybridized carbons (Fsp3) is 0.0667. The Hall–Kier alpha value is -1.46. The summed E-state index contributed by atoms with van der Waals surface area (Å²) >= 11 is 5.59. The molecule has 122 valence electrons. The van der Waals surface area contributed by atoms with Crippen molar-refractivity contribution in [2.24, 2.45) is 9.98 Å². The quantitative estimate of drug-likeness (QED) is 0.263. The number of rotatable bonds is 3. The molecule has 9 heteroatoms. The SMILES string of the molecule is CN=C(c1cccnc1C=O)N1/C(=C/Br)C=Nc2c1ccn2SI. The van der Waals surface area contributed by atoms with Crippen molar-refractivity contribution in [1.29, 1.82) is 0 Å². The molecule has 0 aromatic carbocycles. The van der Waals surface area contributed by atoms with Crippen molar-refractivity contribution in [2.75, 3.05) is 11.9 Å². The van der Waals surface area contributed by atoms with Gasteiger partial charge in [-0.3, -0.25) is 23.6 Å². The first-order chi connectivity index (χ1) is 11.7. The highest BCUT2D eigenvalue weighted by molar-refractivity contribution is 14.2. The first-order valence-electron chi connectivity index (χ1n) is 6.77. The number of fused-ring (bicyclic) bond motifs is 1. The summed E-state index contributed by atoms with van der Waals surface area (Å²) in [6, 6.07) is 5.59. The smallest absolute Gasteiger partial charge is 0.169 e. The van der Waals surface area contributed by atoms with E-state index < -0.39 is 0 Å². The van der Waals surface area contributed by atoms with Crippen LogP contribution < -0.4 is 4.90 Å². The van der Waals surface area contributed by atoms with Gasteiger partial charge in [-0.05, 0) is 18.2 Å². The monoisotopic (exact) mass is 515 g/mol. The van der Waals surface area contributed by atoms with Gasteiger partial charge in [0.15, 0.2) is 12.1 Å². The number of aliphatic imine (C=N–C) groups is 2. The molecule has 0 saturated heterocycles.